The number of rotatable bonds is 10. The van der Waals surface area contributed by atoms with E-state index in [1.54, 1.807) is 7.11 Å². The number of thioether (sulfide) groups is 1. The van der Waals surface area contributed by atoms with Gasteiger partial charge in [-0.3, -0.25) is 4.79 Å². The van der Waals surface area contributed by atoms with Gasteiger partial charge in [0.2, 0.25) is 5.91 Å². The van der Waals surface area contributed by atoms with Gasteiger partial charge < -0.3 is 19.4 Å². The molecule has 0 aliphatic heterocycles. The predicted molar refractivity (Wildman–Crippen MR) is 102 cm³/mol. The quantitative estimate of drug-likeness (QED) is 0.506. The Kier molecular flexibility index (Phi) is 7.93. The van der Waals surface area contributed by atoms with Crippen molar-refractivity contribution in [2.24, 2.45) is 7.05 Å². The first-order valence-corrected chi connectivity index (χ1v) is 9.55. The lowest BCUT2D eigenvalue weighted by Gasteiger charge is -2.09. The lowest BCUT2D eigenvalue weighted by molar-refractivity contribution is -0.118. The third-order valence-electron chi connectivity index (χ3n) is 3.61. The van der Waals surface area contributed by atoms with E-state index in [1.807, 2.05) is 49.7 Å². The Labute approximate surface area is 158 Å². The van der Waals surface area contributed by atoms with Crippen LogP contribution in [-0.2, 0) is 16.6 Å². The largest absolute Gasteiger partial charge is 0.496 e. The van der Waals surface area contributed by atoms with Crippen molar-refractivity contribution in [1.29, 1.82) is 0 Å². The average Bonchev–Trinajstić information content (AvgIpc) is 2.99. The van der Waals surface area contributed by atoms with Gasteiger partial charge in [-0.25, -0.2) is 0 Å². The van der Waals surface area contributed by atoms with Gasteiger partial charge in [-0.2, -0.15) is 0 Å². The Morgan fingerprint density at radius 2 is 2.08 bits per heavy atom. The van der Waals surface area contributed by atoms with Crippen molar-refractivity contribution in [1.82, 2.24) is 20.1 Å². The Bertz CT molecular complexity index is 718. The Morgan fingerprint density at radius 1 is 1.31 bits per heavy atom. The second kappa shape index (κ2) is 10.2. The van der Waals surface area contributed by atoms with Crippen molar-refractivity contribution < 1.29 is 14.3 Å². The maximum atomic E-state index is 12.0. The van der Waals surface area contributed by atoms with Crippen LogP contribution in [0.25, 0.3) is 11.4 Å². The highest BCUT2D eigenvalue weighted by Gasteiger charge is 2.15. The summed E-state index contributed by atoms with van der Waals surface area (Å²) in [5.74, 6) is 1.71. The van der Waals surface area contributed by atoms with Gasteiger partial charge in [0.15, 0.2) is 11.0 Å². The van der Waals surface area contributed by atoms with E-state index in [0.717, 1.165) is 17.7 Å². The smallest absolute Gasteiger partial charge is 0.230 e. The van der Waals surface area contributed by atoms with Gasteiger partial charge in [-0.1, -0.05) is 23.9 Å². The minimum absolute atomic E-state index is 0.0265. The number of ether oxygens (including phenoxy) is 2. The Hall–Kier alpha value is -2.06. The fraction of sp³-hybridized carbons (Fsp3) is 0.500. The van der Waals surface area contributed by atoms with Gasteiger partial charge >= 0.3 is 0 Å². The zero-order valence-electron chi connectivity index (χ0n) is 15.7. The minimum Gasteiger partial charge on any atom is -0.496 e. The first-order chi connectivity index (χ1) is 12.5. The van der Waals surface area contributed by atoms with E-state index < -0.39 is 0 Å². The van der Waals surface area contributed by atoms with E-state index in [2.05, 4.69) is 15.5 Å². The number of carbonyl (C=O) groups excluding carboxylic acids is 1. The fourth-order valence-electron chi connectivity index (χ4n) is 2.30. The van der Waals surface area contributed by atoms with Crippen molar-refractivity contribution in [3.8, 4) is 17.1 Å². The number of methoxy groups -OCH3 is 1. The molecule has 0 fully saturated rings. The summed E-state index contributed by atoms with van der Waals surface area (Å²) in [5.41, 5.74) is 0.867. The number of benzene rings is 1. The monoisotopic (exact) mass is 378 g/mol. The van der Waals surface area contributed by atoms with Gasteiger partial charge in [0.05, 0.1) is 24.5 Å². The molecule has 8 heteroatoms. The number of amides is 1. The van der Waals surface area contributed by atoms with Gasteiger partial charge in [0.25, 0.3) is 0 Å². The third kappa shape index (κ3) is 5.74. The van der Waals surface area contributed by atoms with Crippen LogP contribution in [0.4, 0.5) is 0 Å². The summed E-state index contributed by atoms with van der Waals surface area (Å²) in [4.78, 5) is 12.0. The normalized spacial score (nSPS) is 11.0. The van der Waals surface area contributed by atoms with Crippen LogP contribution >= 0.6 is 11.8 Å². The van der Waals surface area contributed by atoms with E-state index in [4.69, 9.17) is 9.47 Å². The second-order valence-corrected chi connectivity index (χ2v) is 6.92. The molecule has 0 saturated heterocycles. The molecule has 0 spiro atoms. The summed E-state index contributed by atoms with van der Waals surface area (Å²) in [6.45, 7) is 5.25. The van der Waals surface area contributed by atoms with Crippen molar-refractivity contribution >= 4 is 17.7 Å². The summed E-state index contributed by atoms with van der Waals surface area (Å²) in [6.07, 6.45) is 1.02. The molecule has 1 heterocycles. The molecule has 1 amide bonds. The molecular weight excluding hydrogens is 352 g/mol. The first kappa shape index (κ1) is 20.3. The van der Waals surface area contributed by atoms with E-state index in [1.165, 1.54) is 11.8 Å². The molecule has 0 saturated carbocycles. The molecule has 2 rings (SSSR count). The highest BCUT2D eigenvalue weighted by Crippen LogP contribution is 2.29. The maximum absolute atomic E-state index is 12.0. The number of para-hydroxylation sites is 1. The molecule has 0 aliphatic rings. The summed E-state index contributed by atoms with van der Waals surface area (Å²) >= 11 is 1.36. The van der Waals surface area contributed by atoms with Crippen molar-refractivity contribution in [2.75, 3.05) is 26.0 Å². The highest BCUT2D eigenvalue weighted by atomic mass is 32.2. The molecule has 1 aromatic carbocycles. The molecule has 0 unspecified atom stereocenters. The predicted octanol–water partition coefficient (Wildman–Crippen LogP) is 2.51. The molecule has 142 valence electrons. The first-order valence-electron chi connectivity index (χ1n) is 8.56. The maximum Gasteiger partial charge on any atom is 0.230 e. The van der Waals surface area contributed by atoms with E-state index in [9.17, 15) is 4.79 Å². The van der Waals surface area contributed by atoms with Crippen LogP contribution in [0.3, 0.4) is 0 Å². The minimum atomic E-state index is -0.0265. The van der Waals surface area contributed by atoms with Gasteiger partial charge in [-0.05, 0) is 32.4 Å². The standard InChI is InChI=1S/C18H26N4O3S/c1-13(2)25-11-7-10-19-16(23)12-26-18-21-20-17(22(18)3)14-8-5-6-9-15(14)24-4/h5-6,8-9,13H,7,10-12H2,1-4H3,(H,19,23). The molecule has 7 nitrogen and oxygen atoms in total. The SMILES string of the molecule is COc1ccccc1-c1nnc(SCC(=O)NCCCOC(C)C)n1C. The summed E-state index contributed by atoms with van der Waals surface area (Å²) in [7, 11) is 3.51. The van der Waals surface area contributed by atoms with Crippen LogP contribution < -0.4 is 10.1 Å². The topological polar surface area (TPSA) is 78.3 Å². The molecular formula is C18H26N4O3S. The number of hydrogen-bond acceptors (Lipinski definition) is 6. The van der Waals surface area contributed by atoms with Crippen LogP contribution in [0.2, 0.25) is 0 Å². The summed E-state index contributed by atoms with van der Waals surface area (Å²) in [5, 5.41) is 12.0. The average molecular weight is 378 g/mol. The third-order valence-corrected chi connectivity index (χ3v) is 4.63. The molecule has 0 aliphatic carbocycles. The van der Waals surface area contributed by atoms with E-state index in [0.29, 0.717) is 29.9 Å². The molecule has 1 aromatic heterocycles. The number of nitrogens with one attached hydrogen (secondary N) is 1. The number of nitrogens with zero attached hydrogens (tertiary/aromatic N) is 3. The zero-order valence-corrected chi connectivity index (χ0v) is 16.5. The van der Waals surface area contributed by atoms with Crippen molar-refractivity contribution in [3.05, 3.63) is 24.3 Å². The summed E-state index contributed by atoms with van der Waals surface area (Å²) in [6, 6.07) is 7.65. The molecule has 26 heavy (non-hydrogen) atoms. The van der Waals surface area contributed by atoms with Gasteiger partial charge in [-0.15, -0.1) is 10.2 Å². The van der Waals surface area contributed by atoms with Gasteiger partial charge in [0.1, 0.15) is 5.75 Å². The molecule has 0 radical (unpaired) electrons. The van der Waals surface area contributed by atoms with Crippen LogP contribution in [0.1, 0.15) is 20.3 Å². The lowest BCUT2D eigenvalue weighted by Crippen LogP contribution is -2.27. The number of hydrogen-bond donors (Lipinski definition) is 1. The van der Waals surface area contributed by atoms with Crippen LogP contribution in [0.15, 0.2) is 29.4 Å². The van der Waals surface area contributed by atoms with E-state index in [-0.39, 0.29) is 12.0 Å². The number of carbonyl (C=O) groups is 1. The zero-order chi connectivity index (χ0) is 18.9. The molecule has 0 bridgehead atoms. The van der Waals surface area contributed by atoms with Crippen LogP contribution in [0, 0.1) is 0 Å². The van der Waals surface area contributed by atoms with E-state index >= 15 is 0 Å². The highest BCUT2D eigenvalue weighted by molar-refractivity contribution is 7.99. The molecule has 0 atom stereocenters. The van der Waals surface area contributed by atoms with Crippen molar-refractivity contribution in [3.63, 3.8) is 0 Å². The molecule has 1 N–H and O–H groups in total. The van der Waals surface area contributed by atoms with Crippen molar-refractivity contribution in [2.45, 2.75) is 31.5 Å². The Morgan fingerprint density at radius 3 is 2.81 bits per heavy atom. The van der Waals surface area contributed by atoms with Crippen LogP contribution in [0.5, 0.6) is 5.75 Å². The Balaban J connectivity index is 1.86. The fourth-order valence-corrected chi connectivity index (χ4v) is 3.05. The van der Waals surface area contributed by atoms with Crippen LogP contribution in [-0.4, -0.2) is 52.8 Å². The lowest BCUT2D eigenvalue weighted by atomic mass is 10.2. The number of aromatic nitrogens is 3. The second-order valence-electron chi connectivity index (χ2n) is 5.98. The molecule has 2 aromatic rings. The van der Waals surface area contributed by atoms with Gasteiger partial charge in [0, 0.05) is 20.2 Å². The summed E-state index contributed by atoms with van der Waals surface area (Å²) < 4.78 is 12.7.